The van der Waals surface area contributed by atoms with E-state index in [1.54, 1.807) is 0 Å². The smallest absolute Gasteiger partial charge is 0.326 e. The van der Waals surface area contributed by atoms with Crippen LogP contribution < -0.4 is 33.2 Å². The summed E-state index contributed by atoms with van der Waals surface area (Å²) in [5.74, 6) is -5.57. The summed E-state index contributed by atoms with van der Waals surface area (Å²) in [6.07, 6.45) is 1.88. The van der Waals surface area contributed by atoms with Crippen LogP contribution in [-0.4, -0.2) is 75.2 Å². The number of hydrogen-bond acceptors (Lipinski definition) is 8. The number of H-pyrrole nitrogens is 1. The van der Waals surface area contributed by atoms with E-state index in [0.29, 0.717) is 5.69 Å². The van der Waals surface area contributed by atoms with Gasteiger partial charge < -0.3 is 43.2 Å². The summed E-state index contributed by atoms with van der Waals surface area (Å²) in [5, 5.41) is 15.7. The highest BCUT2D eigenvalue weighted by molar-refractivity contribution is 5.95. The van der Waals surface area contributed by atoms with Crippen LogP contribution in [-0.2, 0) is 35.2 Å². The Balaban J connectivity index is 2.63. The molecule has 15 heteroatoms. The molecule has 0 fully saturated rings. The molecule has 0 aliphatic carbocycles. The Bertz CT molecular complexity index is 842. The first-order valence-electron chi connectivity index (χ1n) is 9.39. The fourth-order valence-electron chi connectivity index (χ4n) is 2.50. The highest BCUT2D eigenvalue weighted by atomic mass is 16.4. The molecule has 3 atom stereocenters. The molecule has 5 amide bonds. The monoisotopic (exact) mass is 454 g/mol. The van der Waals surface area contributed by atoms with Gasteiger partial charge in [0.25, 0.3) is 0 Å². The molecule has 0 aliphatic heterocycles. The largest absolute Gasteiger partial charge is 0.480 e. The van der Waals surface area contributed by atoms with Crippen molar-refractivity contribution in [3.8, 4) is 0 Å². The molecule has 15 nitrogen and oxygen atoms in total. The molecule has 1 heterocycles. The number of imidazole rings is 1. The highest BCUT2D eigenvalue weighted by Crippen LogP contribution is 2.00. The molecule has 0 spiro atoms. The maximum atomic E-state index is 12.3. The van der Waals surface area contributed by atoms with E-state index in [1.165, 1.54) is 12.5 Å². The van der Waals surface area contributed by atoms with Gasteiger partial charge in [-0.3, -0.25) is 24.0 Å². The number of aromatic amines is 1. The van der Waals surface area contributed by atoms with Crippen molar-refractivity contribution in [3.05, 3.63) is 18.2 Å². The zero-order valence-electron chi connectivity index (χ0n) is 17.0. The Morgan fingerprint density at radius 2 is 1.72 bits per heavy atom. The first kappa shape index (κ1) is 26.0. The lowest BCUT2D eigenvalue weighted by Crippen LogP contribution is -2.54. The average Bonchev–Trinajstić information content (AvgIpc) is 3.20. The van der Waals surface area contributed by atoms with Gasteiger partial charge in [-0.15, -0.1) is 0 Å². The molecule has 176 valence electrons. The third-order valence-electron chi connectivity index (χ3n) is 4.11. The summed E-state index contributed by atoms with van der Waals surface area (Å²) in [6.45, 7) is -0.662. The minimum absolute atomic E-state index is 0.0844. The molecule has 32 heavy (non-hydrogen) atoms. The summed E-state index contributed by atoms with van der Waals surface area (Å²) < 4.78 is 0. The van der Waals surface area contributed by atoms with E-state index in [2.05, 4.69) is 25.9 Å². The minimum atomic E-state index is -1.41. The molecule has 0 aliphatic rings. The second-order valence-corrected chi connectivity index (χ2v) is 6.80. The number of aliphatic carboxylic acids is 1. The van der Waals surface area contributed by atoms with E-state index in [1.807, 2.05) is 0 Å². The normalized spacial score (nSPS) is 13.3. The summed E-state index contributed by atoms with van der Waals surface area (Å²) in [7, 11) is 0. The second-order valence-electron chi connectivity index (χ2n) is 6.80. The number of aromatic nitrogens is 2. The first-order valence-corrected chi connectivity index (χ1v) is 9.39. The Morgan fingerprint density at radius 1 is 1.03 bits per heavy atom. The van der Waals surface area contributed by atoms with Crippen LogP contribution >= 0.6 is 0 Å². The number of primary amides is 2. The van der Waals surface area contributed by atoms with Crippen LogP contribution in [0.3, 0.4) is 0 Å². The van der Waals surface area contributed by atoms with Crippen molar-refractivity contribution in [2.45, 2.75) is 43.8 Å². The van der Waals surface area contributed by atoms with Crippen LogP contribution in [0.2, 0.25) is 0 Å². The third-order valence-corrected chi connectivity index (χ3v) is 4.11. The van der Waals surface area contributed by atoms with Crippen molar-refractivity contribution in [1.29, 1.82) is 0 Å². The Labute approximate surface area is 181 Å². The molecular formula is C17H26N8O7. The van der Waals surface area contributed by atoms with Gasteiger partial charge in [-0.25, -0.2) is 9.78 Å². The van der Waals surface area contributed by atoms with Gasteiger partial charge in [0.1, 0.15) is 12.1 Å². The third kappa shape index (κ3) is 9.66. The van der Waals surface area contributed by atoms with E-state index in [-0.39, 0.29) is 19.3 Å². The van der Waals surface area contributed by atoms with Gasteiger partial charge in [0.15, 0.2) is 0 Å². The number of carbonyl (C=O) groups excluding carboxylic acids is 5. The van der Waals surface area contributed by atoms with Crippen LogP contribution in [0.1, 0.15) is 25.0 Å². The number of nitrogens with zero attached hydrogens (tertiary/aromatic N) is 1. The topological polar surface area (TPSA) is 265 Å². The number of rotatable bonds is 14. The first-order chi connectivity index (χ1) is 15.0. The van der Waals surface area contributed by atoms with E-state index in [9.17, 15) is 28.8 Å². The van der Waals surface area contributed by atoms with Crippen molar-refractivity contribution in [2.24, 2.45) is 17.2 Å². The highest BCUT2D eigenvalue weighted by Gasteiger charge is 2.27. The number of carboxylic acids is 1. The van der Waals surface area contributed by atoms with Crippen LogP contribution in [0.15, 0.2) is 12.5 Å². The van der Waals surface area contributed by atoms with Crippen molar-refractivity contribution in [3.63, 3.8) is 0 Å². The summed E-state index contributed by atoms with van der Waals surface area (Å²) in [6, 6.07) is -3.87. The van der Waals surface area contributed by atoms with E-state index in [4.69, 9.17) is 22.3 Å². The fourth-order valence-corrected chi connectivity index (χ4v) is 2.50. The van der Waals surface area contributed by atoms with Gasteiger partial charge in [0, 0.05) is 24.7 Å². The molecule has 0 radical (unpaired) electrons. The predicted molar refractivity (Wildman–Crippen MR) is 107 cm³/mol. The number of amides is 5. The van der Waals surface area contributed by atoms with Gasteiger partial charge in [0.2, 0.25) is 29.5 Å². The quantitative estimate of drug-likeness (QED) is 0.135. The maximum Gasteiger partial charge on any atom is 0.326 e. The van der Waals surface area contributed by atoms with Crippen molar-refractivity contribution >= 4 is 35.5 Å². The van der Waals surface area contributed by atoms with Crippen LogP contribution in [0.4, 0.5) is 0 Å². The Hall–Kier alpha value is -4.01. The lowest BCUT2D eigenvalue weighted by Gasteiger charge is -2.20. The van der Waals surface area contributed by atoms with Gasteiger partial charge in [-0.05, 0) is 6.42 Å². The Kier molecular flexibility index (Phi) is 10.3. The van der Waals surface area contributed by atoms with Crippen LogP contribution in [0.25, 0.3) is 0 Å². The number of carboxylic acid groups (broad SMARTS) is 1. The van der Waals surface area contributed by atoms with Crippen molar-refractivity contribution < 1.29 is 33.9 Å². The number of nitrogens with one attached hydrogen (secondary N) is 4. The zero-order chi connectivity index (χ0) is 24.3. The molecular weight excluding hydrogens is 428 g/mol. The average molecular weight is 454 g/mol. The number of carbonyl (C=O) groups is 6. The molecule has 0 aromatic carbocycles. The van der Waals surface area contributed by atoms with Gasteiger partial charge in [-0.2, -0.15) is 0 Å². The lowest BCUT2D eigenvalue weighted by atomic mass is 10.1. The van der Waals surface area contributed by atoms with Gasteiger partial charge >= 0.3 is 5.97 Å². The summed E-state index contributed by atoms with van der Waals surface area (Å²) in [5.41, 5.74) is 16.4. The summed E-state index contributed by atoms with van der Waals surface area (Å²) in [4.78, 5) is 76.3. The van der Waals surface area contributed by atoms with Gasteiger partial charge in [-0.1, -0.05) is 0 Å². The maximum absolute atomic E-state index is 12.3. The van der Waals surface area contributed by atoms with Crippen molar-refractivity contribution in [1.82, 2.24) is 25.9 Å². The minimum Gasteiger partial charge on any atom is -0.480 e. The van der Waals surface area contributed by atoms with E-state index in [0.717, 1.165) is 0 Å². The second kappa shape index (κ2) is 12.6. The molecule has 0 bridgehead atoms. The predicted octanol–water partition coefficient (Wildman–Crippen LogP) is -4.41. The number of hydrogen-bond donors (Lipinski definition) is 8. The number of nitrogens with two attached hydrogens (primary N) is 3. The molecule has 1 aromatic heterocycles. The Morgan fingerprint density at radius 3 is 2.25 bits per heavy atom. The van der Waals surface area contributed by atoms with E-state index < -0.39 is 66.6 Å². The lowest BCUT2D eigenvalue weighted by molar-refractivity contribution is -0.142. The summed E-state index contributed by atoms with van der Waals surface area (Å²) >= 11 is 0. The molecule has 0 saturated carbocycles. The standard InChI is InChI=1S/C17H26N8O7/c18-9(3-8-5-21-7-23-8)15(29)25-11(4-13(20)27)16(30)22-6-14(28)24-10(17(31)32)1-2-12(19)26/h5,7,9-11H,1-4,6,18H2,(H2,19,26)(H2,20,27)(H,21,23)(H,22,30)(H,24,28)(H,25,29)(H,31,32). The van der Waals surface area contributed by atoms with Crippen LogP contribution in [0.5, 0.6) is 0 Å². The van der Waals surface area contributed by atoms with E-state index >= 15 is 0 Å². The molecule has 1 rings (SSSR count). The molecule has 1 aromatic rings. The molecule has 0 saturated heterocycles. The van der Waals surface area contributed by atoms with Crippen LogP contribution in [0, 0.1) is 0 Å². The zero-order valence-corrected chi connectivity index (χ0v) is 17.0. The molecule has 11 N–H and O–H groups in total. The van der Waals surface area contributed by atoms with Gasteiger partial charge in [0.05, 0.1) is 25.3 Å². The SMILES string of the molecule is NC(=O)CCC(NC(=O)CNC(=O)C(CC(N)=O)NC(=O)C(N)Cc1cnc[nH]1)C(=O)O. The van der Waals surface area contributed by atoms with Crippen molar-refractivity contribution in [2.75, 3.05) is 6.54 Å². The fraction of sp³-hybridized carbons (Fsp3) is 0.471. The molecule has 3 unspecified atom stereocenters.